The molecule has 2 bridgehead atoms. The van der Waals surface area contributed by atoms with Crippen LogP contribution in [-0.2, 0) is 4.79 Å². The summed E-state index contributed by atoms with van der Waals surface area (Å²) in [7, 11) is 0. The molecule has 3 heteroatoms. The third-order valence-corrected chi connectivity index (χ3v) is 3.60. The van der Waals surface area contributed by atoms with E-state index in [1.165, 1.54) is 0 Å². The van der Waals surface area contributed by atoms with Crippen molar-refractivity contribution < 1.29 is 4.79 Å². The summed E-state index contributed by atoms with van der Waals surface area (Å²) in [5.74, 6) is 0.998. The van der Waals surface area contributed by atoms with Crippen molar-refractivity contribution in [3.8, 4) is 0 Å². The zero-order valence-electron chi connectivity index (χ0n) is 6.29. The molecule has 0 aliphatic heterocycles. The van der Waals surface area contributed by atoms with Crippen molar-refractivity contribution in [1.29, 1.82) is 0 Å². The fourth-order valence-electron chi connectivity index (χ4n) is 2.59. The van der Waals surface area contributed by atoms with Gasteiger partial charge in [-0.3, -0.25) is 4.79 Å². The first kappa shape index (κ1) is 7.41. The van der Waals surface area contributed by atoms with Crippen molar-refractivity contribution in [1.82, 2.24) is 0 Å². The molecule has 2 N–H and O–H groups in total. The number of amides is 1. The first-order chi connectivity index (χ1) is 5.18. The van der Waals surface area contributed by atoms with E-state index in [0.717, 1.165) is 19.3 Å². The average Bonchev–Trinajstić information content (AvgIpc) is 2.43. The molecule has 2 fully saturated rings. The van der Waals surface area contributed by atoms with Gasteiger partial charge in [-0.2, -0.15) is 0 Å². The minimum absolute atomic E-state index is 0.0799. The summed E-state index contributed by atoms with van der Waals surface area (Å²) in [6.45, 7) is 0. The van der Waals surface area contributed by atoms with Gasteiger partial charge in [-0.15, -0.1) is 11.6 Å². The molecular formula is C8H12ClNO. The number of carbonyl (C=O) groups is 1. The number of hydrogen-bond donors (Lipinski definition) is 1. The predicted molar refractivity (Wildman–Crippen MR) is 43.2 cm³/mol. The van der Waals surface area contributed by atoms with Crippen LogP contribution in [0.2, 0.25) is 0 Å². The van der Waals surface area contributed by atoms with Crippen molar-refractivity contribution in [3.05, 3.63) is 0 Å². The van der Waals surface area contributed by atoms with Crippen LogP contribution < -0.4 is 5.73 Å². The second kappa shape index (κ2) is 2.37. The molecule has 0 spiro atoms. The van der Waals surface area contributed by atoms with Crippen LogP contribution in [0.15, 0.2) is 0 Å². The van der Waals surface area contributed by atoms with Crippen molar-refractivity contribution in [2.45, 2.75) is 24.6 Å². The van der Waals surface area contributed by atoms with E-state index in [9.17, 15) is 4.79 Å². The summed E-state index contributed by atoms with van der Waals surface area (Å²) in [5.41, 5.74) is 5.25. The molecular weight excluding hydrogens is 162 g/mol. The van der Waals surface area contributed by atoms with Crippen LogP contribution >= 0.6 is 11.6 Å². The SMILES string of the molecule is NC(=O)C1CC2CC(Cl)C1C2. The molecule has 0 radical (unpaired) electrons. The molecule has 2 aliphatic rings. The summed E-state index contributed by atoms with van der Waals surface area (Å²) in [4.78, 5) is 10.9. The number of fused-ring (bicyclic) bond motifs is 2. The van der Waals surface area contributed by atoms with E-state index in [4.69, 9.17) is 17.3 Å². The summed E-state index contributed by atoms with van der Waals surface area (Å²) in [5, 5.41) is 0.214. The molecule has 2 rings (SSSR count). The second-order valence-electron chi connectivity index (χ2n) is 3.76. The van der Waals surface area contributed by atoms with E-state index in [0.29, 0.717) is 11.8 Å². The number of halogens is 1. The molecule has 0 heterocycles. The zero-order chi connectivity index (χ0) is 8.01. The summed E-state index contributed by atoms with van der Waals surface area (Å²) >= 11 is 6.04. The standard InChI is InChI=1S/C8H12ClNO/c9-7-3-4-1-5(7)6(2-4)8(10)11/h4-7H,1-3H2,(H2,10,11). The molecule has 2 nitrogen and oxygen atoms in total. The number of carbonyl (C=O) groups excluding carboxylic acids is 1. The summed E-state index contributed by atoms with van der Waals surface area (Å²) < 4.78 is 0. The lowest BCUT2D eigenvalue weighted by molar-refractivity contribution is -0.123. The van der Waals surface area contributed by atoms with Gasteiger partial charge < -0.3 is 5.73 Å². The molecule has 11 heavy (non-hydrogen) atoms. The Balaban J connectivity index is 2.12. The highest BCUT2D eigenvalue weighted by atomic mass is 35.5. The summed E-state index contributed by atoms with van der Waals surface area (Å²) in [6, 6.07) is 0. The molecule has 0 aromatic rings. The highest BCUT2D eigenvalue weighted by Crippen LogP contribution is 2.50. The Morgan fingerprint density at radius 1 is 1.36 bits per heavy atom. The third kappa shape index (κ3) is 1.04. The molecule has 2 saturated carbocycles. The van der Waals surface area contributed by atoms with E-state index >= 15 is 0 Å². The largest absolute Gasteiger partial charge is 0.369 e. The lowest BCUT2D eigenvalue weighted by atomic mass is 9.88. The number of rotatable bonds is 1. The number of primary amides is 1. The van der Waals surface area contributed by atoms with E-state index in [-0.39, 0.29) is 17.2 Å². The smallest absolute Gasteiger partial charge is 0.220 e. The van der Waals surface area contributed by atoms with Gasteiger partial charge in [0.1, 0.15) is 0 Å². The van der Waals surface area contributed by atoms with Gasteiger partial charge in [0.15, 0.2) is 0 Å². The first-order valence-electron chi connectivity index (χ1n) is 4.12. The lowest BCUT2D eigenvalue weighted by Gasteiger charge is -2.22. The minimum Gasteiger partial charge on any atom is -0.369 e. The maximum absolute atomic E-state index is 10.9. The predicted octanol–water partition coefficient (Wildman–Crippen LogP) is 1.13. The van der Waals surface area contributed by atoms with Crippen molar-refractivity contribution >= 4 is 17.5 Å². The second-order valence-corrected chi connectivity index (χ2v) is 4.32. The topological polar surface area (TPSA) is 43.1 Å². The van der Waals surface area contributed by atoms with Gasteiger partial charge in [0.2, 0.25) is 5.91 Å². The Bertz CT molecular complexity index is 195. The van der Waals surface area contributed by atoms with Crippen LogP contribution in [0.1, 0.15) is 19.3 Å². The number of alkyl halides is 1. The van der Waals surface area contributed by atoms with Gasteiger partial charge in [-0.1, -0.05) is 0 Å². The highest BCUT2D eigenvalue weighted by molar-refractivity contribution is 6.21. The Morgan fingerprint density at radius 3 is 2.45 bits per heavy atom. The van der Waals surface area contributed by atoms with E-state index in [1.54, 1.807) is 0 Å². The van der Waals surface area contributed by atoms with E-state index < -0.39 is 0 Å². The van der Waals surface area contributed by atoms with Gasteiger partial charge in [0, 0.05) is 11.3 Å². The molecule has 1 amide bonds. The number of nitrogens with two attached hydrogens (primary N) is 1. The molecule has 0 aromatic carbocycles. The molecule has 4 atom stereocenters. The Kier molecular flexibility index (Phi) is 1.60. The molecule has 62 valence electrons. The fourth-order valence-corrected chi connectivity index (χ4v) is 3.12. The lowest BCUT2D eigenvalue weighted by Crippen LogP contribution is -2.32. The Labute approximate surface area is 71.1 Å². The zero-order valence-corrected chi connectivity index (χ0v) is 7.05. The van der Waals surface area contributed by atoms with Crippen LogP contribution in [0, 0.1) is 17.8 Å². The molecule has 0 saturated heterocycles. The minimum atomic E-state index is -0.150. The van der Waals surface area contributed by atoms with Crippen LogP contribution in [0.4, 0.5) is 0 Å². The van der Waals surface area contributed by atoms with Gasteiger partial charge in [0.05, 0.1) is 0 Å². The Hall–Kier alpha value is -0.240. The van der Waals surface area contributed by atoms with E-state index in [2.05, 4.69) is 0 Å². The fraction of sp³-hybridized carbons (Fsp3) is 0.875. The van der Waals surface area contributed by atoms with Crippen molar-refractivity contribution in [2.75, 3.05) is 0 Å². The molecule has 4 unspecified atom stereocenters. The van der Waals surface area contributed by atoms with E-state index in [1.807, 2.05) is 0 Å². The number of hydrogen-bond acceptors (Lipinski definition) is 1. The molecule has 0 aromatic heterocycles. The van der Waals surface area contributed by atoms with Crippen LogP contribution in [0.25, 0.3) is 0 Å². The van der Waals surface area contributed by atoms with Crippen molar-refractivity contribution in [3.63, 3.8) is 0 Å². The maximum Gasteiger partial charge on any atom is 0.220 e. The van der Waals surface area contributed by atoms with Gasteiger partial charge >= 0.3 is 0 Å². The monoisotopic (exact) mass is 173 g/mol. The quantitative estimate of drug-likeness (QED) is 0.594. The highest BCUT2D eigenvalue weighted by Gasteiger charge is 2.47. The van der Waals surface area contributed by atoms with Gasteiger partial charge in [-0.05, 0) is 31.1 Å². The first-order valence-corrected chi connectivity index (χ1v) is 4.55. The Morgan fingerprint density at radius 2 is 2.09 bits per heavy atom. The van der Waals surface area contributed by atoms with Crippen LogP contribution in [0.5, 0.6) is 0 Å². The van der Waals surface area contributed by atoms with Crippen LogP contribution in [0.3, 0.4) is 0 Å². The average molecular weight is 174 g/mol. The summed E-state index contributed by atoms with van der Waals surface area (Å²) in [6.07, 6.45) is 3.21. The normalized spacial score (nSPS) is 48.1. The van der Waals surface area contributed by atoms with Gasteiger partial charge in [0.25, 0.3) is 0 Å². The van der Waals surface area contributed by atoms with Crippen molar-refractivity contribution in [2.24, 2.45) is 23.5 Å². The van der Waals surface area contributed by atoms with Gasteiger partial charge in [-0.25, -0.2) is 0 Å². The third-order valence-electron chi connectivity index (χ3n) is 3.10. The molecule has 2 aliphatic carbocycles. The van der Waals surface area contributed by atoms with Crippen LogP contribution in [-0.4, -0.2) is 11.3 Å². The maximum atomic E-state index is 10.9.